The predicted molar refractivity (Wildman–Crippen MR) is 109 cm³/mol. The van der Waals surface area contributed by atoms with Crippen molar-refractivity contribution in [3.63, 3.8) is 0 Å². The molecule has 27 heavy (non-hydrogen) atoms. The highest BCUT2D eigenvalue weighted by molar-refractivity contribution is 5.95. The van der Waals surface area contributed by atoms with E-state index in [0.29, 0.717) is 6.54 Å². The van der Waals surface area contributed by atoms with Gasteiger partial charge in [0, 0.05) is 11.3 Å². The van der Waals surface area contributed by atoms with Gasteiger partial charge in [-0.15, -0.1) is 0 Å². The number of nitrogens with one attached hydrogen (secondary N) is 3. The van der Waals surface area contributed by atoms with Crippen LogP contribution in [0.2, 0.25) is 0 Å². The fourth-order valence-corrected chi connectivity index (χ4v) is 3.03. The minimum Gasteiger partial charge on any atom is -0.342 e. The molecule has 5 nitrogen and oxygen atoms in total. The molecule has 0 spiro atoms. The third-order valence-electron chi connectivity index (χ3n) is 4.78. The first-order valence-corrected chi connectivity index (χ1v) is 9.26. The molecule has 144 valence electrons. The molecule has 0 aromatic heterocycles. The largest absolute Gasteiger partial charge is 0.342 e. The van der Waals surface area contributed by atoms with Crippen LogP contribution in [0.25, 0.3) is 0 Å². The number of carbonyl (C=O) groups excluding carboxylic acids is 2. The van der Waals surface area contributed by atoms with E-state index in [0.717, 1.165) is 28.3 Å². The summed E-state index contributed by atoms with van der Waals surface area (Å²) in [5, 5.41) is 5.56. The summed E-state index contributed by atoms with van der Waals surface area (Å²) in [5.41, 5.74) is 6.65. The molecule has 0 aliphatic rings. The van der Waals surface area contributed by atoms with Crippen molar-refractivity contribution in [2.45, 2.75) is 34.2 Å². The zero-order valence-corrected chi connectivity index (χ0v) is 16.9. The van der Waals surface area contributed by atoms with Gasteiger partial charge in [0.05, 0.1) is 13.6 Å². The summed E-state index contributed by atoms with van der Waals surface area (Å²) < 4.78 is 0. The number of rotatable bonds is 7. The third-order valence-corrected chi connectivity index (χ3v) is 4.78. The summed E-state index contributed by atoms with van der Waals surface area (Å²) in [4.78, 5) is 25.3. The first kappa shape index (κ1) is 20.6. The van der Waals surface area contributed by atoms with Crippen LogP contribution >= 0.6 is 0 Å². The maximum Gasteiger partial charge on any atom is 0.275 e. The fraction of sp³-hybridized carbons (Fsp3) is 0.364. The number of carbonyl (C=O) groups is 2. The summed E-state index contributed by atoms with van der Waals surface area (Å²) in [6.45, 7) is 9.20. The SMILES string of the molecule is Cc1ccc(C[NH+](C)CC(=O)NCC(=O)Nc2cccc(C)c2C)c(C)c1. The first-order valence-electron chi connectivity index (χ1n) is 9.26. The zero-order chi connectivity index (χ0) is 20.0. The van der Waals surface area contributed by atoms with E-state index < -0.39 is 0 Å². The van der Waals surface area contributed by atoms with Gasteiger partial charge in [-0.2, -0.15) is 0 Å². The van der Waals surface area contributed by atoms with Crippen LogP contribution in [-0.4, -0.2) is 32.0 Å². The summed E-state index contributed by atoms with van der Waals surface area (Å²) >= 11 is 0. The van der Waals surface area contributed by atoms with Crippen LogP contribution in [0.5, 0.6) is 0 Å². The maximum absolute atomic E-state index is 12.1. The first-order chi connectivity index (χ1) is 12.8. The molecule has 0 heterocycles. The maximum atomic E-state index is 12.1. The highest BCUT2D eigenvalue weighted by Gasteiger charge is 2.13. The fourth-order valence-electron chi connectivity index (χ4n) is 3.03. The lowest BCUT2D eigenvalue weighted by atomic mass is 10.1. The van der Waals surface area contributed by atoms with E-state index in [2.05, 4.69) is 42.7 Å². The lowest BCUT2D eigenvalue weighted by Gasteiger charge is -2.16. The van der Waals surface area contributed by atoms with E-state index in [9.17, 15) is 9.59 Å². The Morgan fingerprint density at radius 2 is 1.70 bits per heavy atom. The normalized spacial score (nSPS) is 11.7. The van der Waals surface area contributed by atoms with Gasteiger partial charge in [-0.1, -0.05) is 35.9 Å². The molecule has 0 saturated carbocycles. The number of hydrogen-bond acceptors (Lipinski definition) is 2. The molecule has 0 aliphatic heterocycles. The van der Waals surface area contributed by atoms with Gasteiger partial charge in [-0.3, -0.25) is 9.59 Å². The summed E-state index contributed by atoms with van der Waals surface area (Å²) in [6, 6.07) is 12.1. The smallest absolute Gasteiger partial charge is 0.275 e. The molecule has 5 heteroatoms. The molecule has 1 atom stereocenters. The Labute approximate surface area is 161 Å². The summed E-state index contributed by atoms with van der Waals surface area (Å²) in [5.74, 6) is -0.350. The van der Waals surface area contributed by atoms with Gasteiger partial charge in [0.15, 0.2) is 6.54 Å². The monoisotopic (exact) mass is 368 g/mol. The van der Waals surface area contributed by atoms with E-state index in [4.69, 9.17) is 0 Å². The highest BCUT2D eigenvalue weighted by atomic mass is 16.2. The third kappa shape index (κ3) is 6.22. The Balaban J connectivity index is 1.79. The molecule has 3 N–H and O–H groups in total. The lowest BCUT2D eigenvalue weighted by molar-refractivity contribution is -0.885. The van der Waals surface area contributed by atoms with Gasteiger partial charge in [-0.05, 0) is 50.5 Å². The predicted octanol–water partition coefficient (Wildman–Crippen LogP) is 1.69. The van der Waals surface area contributed by atoms with Crippen molar-refractivity contribution >= 4 is 17.5 Å². The summed E-state index contributed by atoms with van der Waals surface area (Å²) in [7, 11) is 1.98. The van der Waals surface area contributed by atoms with Crippen molar-refractivity contribution in [2.75, 3.05) is 25.5 Å². The van der Waals surface area contributed by atoms with Crippen molar-refractivity contribution in [2.24, 2.45) is 0 Å². The van der Waals surface area contributed by atoms with Crippen LogP contribution in [0.15, 0.2) is 36.4 Å². The van der Waals surface area contributed by atoms with Crippen LogP contribution in [0, 0.1) is 27.7 Å². The second-order valence-corrected chi connectivity index (χ2v) is 7.31. The minimum absolute atomic E-state index is 0.0247. The number of amides is 2. The van der Waals surface area contributed by atoms with Crippen molar-refractivity contribution < 1.29 is 14.5 Å². The van der Waals surface area contributed by atoms with Crippen LogP contribution in [0.4, 0.5) is 5.69 Å². The molecule has 0 aliphatic carbocycles. The number of aryl methyl sites for hydroxylation is 3. The standard InChI is InChI=1S/C22H29N3O2/c1-15-9-10-19(17(3)11-15)13-25(5)14-22(27)23-12-21(26)24-20-8-6-7-16(2)18(20)4/h6-11H,12-14H2,1-5H3,(H,23,27)(H,24,26)/p+1. The molecule has 0 radical (unpaired) electrons. The molecule has 2 aromatic carbocycles. The van der Waals surface area contributed by atoms with E-state index in [-0.39, 0.29) is 18.4 Å². The molecular weight excluding hydrogens is 338 g/mol. The average Bonchev–Trinajstić information content (AvgIpc) is 2.59. The van der Waals surface area contributed by atoms with Crippen LogP contribution < -0.4 is 15.5 Å². The number of likely N-dealkylation sites (N-methyl/N-ethyl adjacent to an activating group) is 1. The van der Waals surface area contributed by atoms with Crippen molar-refractivity contribution in [1.82, 2.24) is 5.32 Å². The molecule has 2 amide bonds. The van der Waals surface area contributed by atoms with E-state index >= 15 is 0 Å². The van der Waals surface area contributed by atoms with E-state index in [1.54, 1.807) is 0 Å². The quantitative estimate of drug-likeness (QED) is 0.696. The topological polar surface area (TPSA) is 62.6 Å². The Bertz CT molecular complexity index is 830. The van der Waals surface area contributed by atoms with Crippen LogP contribution in [0.1, 0.15) is 27.8 Å². The lowest BCUT2D eigenvalue weighted by Crippen LogP contribution is -3.09. The average molecular weight is 369 g/mol. The number of quaternary nitrogens is 1. The van der Waals surface area contributed by atoms with Gasteiger partial charge in [0.2, 0.25) is 5.91 Å². The van der Waals surface area contributed by atoms with Gasteiger partial charge < -0.3 is 15.5 Å². The second-order valence-electron chi connectivity index (χ2n) is 7.31. The van der Waals surface area contributed by atoms with Gasteiger partial charge in [0.1, 0.15) is 6.54 Å². The summed E-state index contributed by atoms with van der Waals surface area (Å²) in [6.07, 6.45) is 0. The number of hydrogen-bond donors (Lipinski definition) is 3. The molecular formula is C22H30N3O2+. The second kappa shape index (κ2) is 9.33. The molecule has 2 aromatic rings. The molecule has 2 rings (SSSR count). The Kier molecular flexibility index (Phi) is 7.13. The Hall–Kier alpha value is -2.66. The highest BCUT2D eigenvalue weighted by Crippen LogP contribution is 2.17. The van der Waals surface area contributed by atoms with Crippen molar-refractivity contribution in [3.8, 4) is 0 Å². The Morgan fingerprint density at radius 1 is 0.963 bits per heavy atom. The number of anilines is 1. The minimum atomic E-state index is -0.218. The van der Waals surface area contributed by atoms with Crippen LogP contribution in [-0.2, 0) is 16.1 Å². The number of benzene rings is 2. The van der Waals surface area contributed by atoms with Gasteiger partial charge in [0.25, 0.3) is 5.91 Å². The van der Waals surface area contributed by atoms with E-state index in [1.807, 2.05) is 39.1 Å². The van der Waals surface area contributed by atoms with Crippen LogP contribution in [0.3, 0.4) is 0 Å². The van der Waals surface area contributed by atoms with Gasteiger partial charge in [-0.25, -0.2) is 0 Å². The molecule has 1 unspecified atom stereocenters. The molecule has 0 fully saturated rings. The van der Waals surface area contributed by atoms with Crippen molar-refractivity contribution in [3.05, 3.63) is 64.2 Å². The Morgan fingerprint density at radius 3 is 2.41 bits per heavy atom. The zero-order valence-electron chi connectivity index (χ0n) is 16.9. The molecule has 0 saturated heterocycles. The van der Waals surface area contributed by atoms with E-state index in [1.165, 1.54) is 16.7 Å². The van der Waals surface area contributed by atoms with Gasteiger partial charge >= 0.3 is 0 Å². The molecule has 0 bridgehead atoms. The van der Waals surface area contributed by atoms with Crippen molar-refractivity contribution in [1.29, 1.82) is 0 Å².